The molecule has 1 aliphatic carbocycles. The van der Waals surface area contributed by atoms with Gasteiger partial charge < -0.3 is 49.3 Å². The number of carbonyl (C=O) groups is 2. The number of phosphoric acid groups is 2. The van der Waals surface area contributed by atoms with Gasteiger partial charge in [0.25, 0.3) is 0 Å². The fraction of sp³-hybridized carbons (Fsp3) is 0.830. The summed E-state index contributed by atoms with van der Waals surface area (Å²) in [6.07, 6.45) is 24.1. The van der Waals surface area contributed by atoms with Crippen molar-refractivity contribution in [2.75, 3.05) is 13.2 Å². The predicted molar refractivity (Wildman–Crippen MR) is 250 cm³/mol. The summed E-state index contributed by atoms with van der Waals surface area (Å²) in [4.78, 5) is 54.4. The number of hydrogen-bond acceptors (Lipinski definition) is 14. The number of phosphoric ester groups is 2. The molecule has 2 fully saturated rings. The summed E-state index contributed by atoms with van der Waals surface area (Å²) in [7, 11) is -10.7. The van der Waals surface area contributed by atoms with Crippen molar-refractivity contribution >= 4 is 27.6 Å². The molecule has 2 rings (SSSR count). The molecule has 7 N–H and O–H groups in total. The van der Waals surface area contributed by atoms with Crippen molar-refractivity contribution in [1.82, 2.24) is 0 Å². The Morgan fingerprint density at radius 1 is 0.545 bits per heavy atom. The third-order valence-corrected chi connectivity index (χ3v) is 13.1. The van der Waals surface area contributed by atoms with E-state index >= 15 is 0 Å². The topological polar surface area (TPSA) is 269 Å². The number of hydrogen-bond donors (Lipinski definition) is 7. The van der Waals surface area contributed by atoms with E-state index in [2.05, 4.69) is 42.7 Å². The second-order valence-corrected chi connectivity index (χ2v) is 20.2. The Labute approximate surface area is 393 Å². The lowest BCUT2D eigenvalue weighted by atomic mass is 9.85. The lowest BCUT2D eigenvalue weighted by molar-refractivity contribution is -0.216. The molecule has 1 saturated carbocycles. The maximum absolute atomic E-state index is 13.0. The van der Waals surface area contributed by atoms with Gasteiger partial charge in [0.2, 0.25) is 0 Å². The molecule has 384 valence electrons. The Hall–Kier alpha value is -1.82. The number of epoxide rings is 1. The molecule has 1 aliphatic heterocycles. The minimum Gasteiger partial charge on any atom is -0.462 e. The van der Waals surface area contributed by atoms with Crippen molar-refractivity contribution in [3.63, 3.8) is 0 Å². The number of rotatable bonds is 40. The van der Waals surface area contributed by atoms with E-state index < -0.39 is 83.5 Å². The first kappa shape index (κ1) is 60.3. The van der Waals surface area contributed by atoms with Crippen LogP contribution >= 0.6 is 15.6 Å². The van der Waals surface area contributed by atoms with Crippen LogP contribution < -0.4 is 0 Å². The van der Waals surface area contributed by atoms with Crippen LogP contribution in [-0.4, -0.2) is 115 Å². The third-order valence-electron chi connectivity index (χ3n) is 11.6. The minimum atomic E-state index is -5.37. The molecule has 0 aromatic carbocycles. The van der Waals surface area contributed by atoms with Gasteiger partial charge in [-0.2, -0.15) is 0 Å². The van der Waals surface area contributed by atoms with Crippen molar-refractivity contribution in [3.8, 4) is 0 Å². The molecule has 1 heterocycles. The van der Waals surface area contributed by atoms with Gasteiger partial charge in [-0.3, -0.25) is 23.2 Å². The van der Waals surface area contributed by atoms with Crippen molar-refractivity contribution in [2.45, 2.75) is 236 Å². The molecule has 0 aromatic heterocycles. The number of ether oxygens (including phenoxy) is 3. The van der Waals surface area contributed by atoms with Crippen LogP contribution in [0.1, 0.15) is 181 Å². The van der Waals surface area contributed by atoms with Crippen molar-refractivity contribution in [2.24, 2.45) is 0 Å². The van der Waals surface area contributed by atoms with Gasteiger partial charge in [-0.25, -0.2) is 9.13 Å². The van der Waals surface area contributed by atoms with Crippen LogP contribution in [0.2, 0.25) is 0 Å². The largest absolute Gasteiger partial charge is 0.472 e. The fourth-order valence-corrected chi connectivity index (χ4v) is 9.19. The first-order chi connectivity index (χ1) is 31.6. The normalized spacial score (nSPS) is 24.9. The summed E-state index contributed by atoms with van der Waals surface area (Å²) >= 11 is 0. The van der Waals surface area contributed by atoms with E-state index in [-0.39, 0.29) is 25.0 Å². The first-order valence-corrected chi connectivity index (χ1v) is 27.7. The Bertz CT molecular complexity index is 1490. The van der Waals surface area contributed by atoms with Gasteiger partial charge >= 0.3 is 27.6 Å². The van der Waals surface area contributed by atoms with Crippen molar-refractivity contribution < 1.29 is 81.6 Å². The second kappa shape index (κ2) is 35.3. The highest BCUT2D eigenvalue weighted by molar-refractivity contribution is 7.47. The van der Waals surface area contributed by atoms with Crippen molar-refractivity contribution in [3.05, 3.63) is 36.5 Å². The highest BCUT2D eigenvalue weighted by Gasteiger charge is 2.54. The first-order valence-electron chi connectivity index (χ1n) is 24.7. The second-order valence-electron chi connectivity index (χ2n) is 17.6. The van der Waals surface area contributed by atoms with Crippen LogP contribution in [0.5, 0.6) is 0 Å². The summed E-state index contributed by atoms with van der Waals surface area (Å²) in [5.41, 5.74) is 0. The monoisotopic (exact) mass is 983 g/mol. The molecule has 0 aromatic rings. The maximum atomic E-state index is 13.0. The lowest BCUT2D eigenvalue weighted by Gasteiger charge is -2.43. The zero-order chi connectivity index (χ0) is 48.6. The number of aliphatic hydroxyl groups excluding tert-OH is 4. The van der Waals surface area contributed by atoms with Crippen LogP contribution in [0.3, 0.4) is 0 Å². The number of allylic oxidation sites excluding steroid dienone is 4. The van der Waals surface area contributed by atoms with Crippen molar-refractivity contribution in [1.29, 1.82) is 0 Å². The Morgan fingerprint density at radius 3 is 1.59 bits per heavy atom. The third kappa shape index (κ3) is 28.6. The molecular formula is C47H84O17P2. The number of esters is 2. The number of carbonyl (C=O) groups excluding carboxylic acids is 2. The van der Waals surface area contributed by atoms with Gasteiger partial charge in [-0.05, 0) is 51.4 Å². The standard InChI is InChI=1S/C47H84O17P2/c1-3-5-7-9-11-13-14-15-16-17-18-20-22-24-29-33-40(48)59-35-37(36-60-66(57,58)64-47-44(52)42(50)43(51)46(45(47)53)63-65(54,55)56)61-41(49)34-30-26-25-28-32-39-38(62-39)31-27-23-21-19-12-10-8-6-4-2/h12,19,23,25,27-28,37-39,42-47,50-53H,3-11,13-18,20-22,24,26,29-36H2,1-2H3,(H,57,58)(H2,54,55,56)/b19-12-,27-23-,28-25-/t37-,38?,39?,42?,43?,44?,45?,46-,47+/m1/s1. The van der Waals surface area contributed by atoms with Crippen LogP contribution in [0, 0.1) is 0 Å². The summed E-state index contributed by atoms with van der Waals surface area (Å²) in [5, 5.41) is 41.3. The summed E-state index contributed by atoms with van der Waals surface area (Å²) in [6.45, 7) is 3.04. The van der Waals surface area contributed by atoms with Gasteiger partial charge in [0.05, 0.1) is 18.8 Å². The maximum Gasteiger partial charge on any atom is 0.472 e. The summed E-state index contributed by atoms with van der Waals surface area (Å²) in [5.74, 6) is -1.27. The molecule has 0 spiro atoms. The molecule has 19 heteroatoms. The molecular weight excluding hydrogens is 898 g/mol. The molecule has 0 amide bonds. The van der Waals surface area contributed by atoms with E-state index in [0.717, 1.165) is 51.4 Å². The average molecular weight is 983 g/mol. The van der Waals surface area contributed by atoms with E-state index in [1.807, 2.05) is 12.2 Å². The zero-order valence-corrected chi connectivity index (χ0v) is 41.4. The van der Waals surface area contributed by atoms with Crippen LogP contribution in [0.4, 0.5) is 0 Å². The van der Waals surface area contributed by atoms with Gasteiger partial charge in [0.15, 0.2) is 6.10 Å². The fourth-order valence-electron chi connectivity index (χ4n) is 7.65. The minimum absolute atomic E-state index is 0.0385. The average Bonchev–Trinajstić information content (AvgIpc) is 4.03. The van der Waals surface area contributed by atoms with Gasteiger partial charge in [0, 0.05) is 12.8 Å². The predicted octanol–water partition coefficient (Wildman–Crippen LogP) is 8.50. The van der Waals surface area contributed by atoms with E-state index in [0.29, 0.717) is 19.3 Å². The molecule has 10 atom stereocenters. The van der Waals surface area contributed by atoms with E-state index in [9.17, 15) is 53.8 Å². The summed E-state index contributed by atoms with van der Waals surface area (Å²) in [6, 6.07) is 0. The molecule has 17 nitrogen and oxygen atoms in total. The summed E-state index contributed by atoms with van der Waals surface area (Å²) < 4.78 is 55.1. The van der Waals surface area contributed by atoms with Gasteiger partial charge in [0.1, 0.15) is 43.2 Å². The van der Waals surface area contributed by atoms with E-state index in [1.54, 1.807) is 0 Å². The quantitative estimate of drug-likeness (QED) is 0.00997. The number of unbranched alkanes of at least 4 members (excludes halogenated alkanes) is 18. The Morgan fingerprint density at radius 2 is 1.02 bits per heavy atom. The molecule has 0 bridgehead atoms. The zero-order valence-electron chi connectivity index (χ0n) is 39.6. The van der Waals surface area contributed by atoms with Crippen LogP contribution in [0.25, 0.3) is 0 Å². The lowest BCUT2D eigenvalue weighted by Crippen LogP contribution is -2.64. The smallest absolute Gasteiger partial charge is 0.462 e. The Kier molecular flexibility index (Phi) is 32.3. The van der Waals surface area contributed by atoms with E-state index in [1.165, 1.54) is 83.5 Å². The SMILES string of the molecule is CCCCC/C=C\C/C=C\CC1OC1C/C=C\CCCC(=O)O[C@H](COC(=O)CCCCCCCCCCCCCCCCC)COP(=O)(O)O[C@H]1C(O)C(O)C(O)[C@@H](OP(=O)(O)O)C1O. The molecule has 2 aliphatic rings. The van der Waals surface area contributed by atoms with Crippen LogP contribution in [0.15, 0.2) is 36.5 Å². The number of aliphatic hydroxyl groups is 4. The highest BCUT2D eigenvalue weighted by atomic mass is 31.2. The van der Waals surface area contributed by atoms with Gasteiger partial charge in [-0.1, -0.05) is 153 Å². The van der Waals surface area contributed by atoms with Gasteiger partial charge in [-0.15, -0.1) is 0 Å². The highest BCUT2D eigenvalue weighted by Crippen LogP contribution is 2.49. The molecule has 7 unspecified atom stereocenters. The molecule has 66 heavy (non-hydrogen) atoms. The Balaban J connectivity index is 1.81. The molecule has 0 radical (unpaired) electrons. The van der Waals surface area contributed by atoms with E-state index in [4.69, 9.17) is 23.3 Å². The molecule has 1 saturated heterocycles. The van der Waals surface area contributed by atoms with Crippen LogP contribution in [-0.2, 0) is 46.5 Å².